The molecule has 0 aromatic heterocycles. The van der Waals surface area contributed by atoms with Crippen LogP contribution in [-0.2, 0) is 0 Å². The fourth-order valence-corrected chi connectivity index (χ4v) is 1.74. The van der Waals surface area contributed by atoms with E-state index >= 15 is 0 Å². The second-order valence-corrected chi connectivity index (χ2v) is 3.91. The maximum atomic E-state index is 13.6. The van der Waals surface area contributed by atoms with Crippen LogP contribution in [0.5, 0.6) is 0 Å². The second kappa shape index (κ2) is 4.63. The molecule has 0 aliphatic carbocycles. The van der Waals surface area contributed by atoms with Gasteiger partial charge in [-0.3, -0.25) is 4.79 Å². The van der Waals surface area contributed by atoms with Gasteiger partial charge in [-0.1, -0.05) is 11.6 Å². The minimum Gasteiger partial charge on any atom is -0.298 e. The van der Waals surface area contributed by atoms with Crippen LogP contribution in [0.4, 0.5) is 8.78 Å². The molecule has 0 fully saturated rings. The van der Waals surface area contributed by atoms with E-state index in [1.165, 1.54) is 24.3 Å². The second-order valence-electron chi connectivity index (χ2n) is 3.47. The van der Waals surface area contributed by atoms with E-state index in [4.69, 9.17) is 11.6 Å². The Hall–Kier alpha value is -1.74. The maximum absolute atomic E-state index is 13.6. The van der Waals surface area contributed by atoms with Crippen LogP contribution in [0.1, 0.15) is 10.4 Å². The molecule has 2 aromatic rings. The van der Waals surface area contributed by atoms with Crippen molar-refractivity contribution < 1.29 is 13.6 Å². The quantitative estimate of drug-likeness (QED) is 0.736. The Morgan fingerprint density at radius 1 is 1.00 bits per heavy atom. The average Bonchev–Trinajstić information content (AvgIpc) is 2.29. The van der Waals surface area contributed by atoms with Gasteiger partial charge in [-0.25, -0.2) is 8.78 Å². The van der Waals surface area contributed by atoms with Gasteiger partial charge in [0.25, 0.3) is 0 Å². The molecular formula is C13H7ClF2O. The van der Waals surface area contributed by atoms with Gasteiger partial charge in [0.2, 0.25) is 0 Å². The molecule has 86 valence electrons. The van der Waals surface area contributed by atoms with Crippen LogP contribution in [0.3, 0.4) is 0 Å². The van der Waals surface area contributed by atoms with Gasteiger partial charge in [-0.2, -0.15) is 0 Å². The molecule has 1 nitrogen and oxygen atoms in total. The lowest BCUT2D eigenvalue weighted by Gasteiger charge is -2.07. The average molecular weight is 253 g/mol. The Kier molecular flexibility index (Phi) is 3.20. The Morgan fingerprint density at radius 2 is 1.76 bits per heavy atom. The minimum atomic E-state index is -0.727. The van der Waals surface area contributed by atoms with Crippen molar-refractivity contribution in [1.29, 1.82) is 0 Å². The van der Waals surface area contributed by atoms with Crippen molar-refractivity contribution in [3.8, 4) is 11.1 Å². The van der Waals surface area contributed by atoms with Gasteiger partial charge in [0.1, 0.15) is 11.6 Å². The summed E-state index contributed by atoms with van der Waals surface area (Å²) in [6.45, 7) is 0. The number of carbonyl (C=O) groups excluding carboxylic acids is 1. The highest BCUT2D eigenvalue weighted by Crippen LogP contribution is 2.28. The summed E-state index contributed by atoms with van der Waals surface area (Å²) in [5.41, 5.74) is 0.806. The predicted molar refractivity (Wildman–Crippen MR) is 62.2 cm³/mol. The summed E-state index contributed by atoms with van der Waals surface area (Å²) in [5.74, 6) is -1.39. The van der Waals surface area contributed by atoms with E-state index in [1.54, 1.807) is 0 Å². The third-order valence-electron chi connectivity index (χ3n) is 2.36. The van der Waals surface area contributed by atoms with Gasteiger partial charge in [0.15, 0.2) is 6.29 Å². The Balaban J connectivity index is 2.66. The number of hydrogen-bond donors (Lipinski definition) is 0. The van der Waals surface area contributed by atoms with E-state index in [-0.39, 0.29) is 5.56 Å². The summed E-state index contributed by atoms with van der Waals surface area (Å²) in [7, 11) is 0. The molecular weight excluding hydrogens is 246 g/mol. The molecule has 0 spiro atoms. The molecule has 0 saturated carbocycles. The molecule has 0 unspecified atom stereocenters. The number of aldehydes is 1. The van der Waals surface area contributed by atoms with Crippen LogP contribution in [0.2, 0.25) is 5.02 Å². The number of halogens is 3. The maximum Gasteiger partial charge on any atom is 0.150 e. The van der Waals surface area contributed by atoms with Crippen LogP contribution >= 0.6 is 11.6 Å². The Labute approximate surface area is 102 Å². The summed E-state index contributed by atoms with van der Waals surface area (Å²) >= 11 is 5.79. The minimum absolute atomic E-state index is 0.149. The van der Waals surface area contributed by atoms with Gasteiger partial charge in [0, 0.05) is 22.2 Å². The first-order valence-corrected chi connectivity index (χ1v) is 5.20. The molecule has 0 N–H and O–H groups in total. The number of carbonyl (C=O) groups is 1. The van der Waals surface area contributed by atoms with Crippen molar-refractivity contribution in [2.24, 2.45) is 0 Å². The van der Waals surface area contributed by atoms with Crippen LogP contribution in [0, 0.1) is 11.6 Å². The highest BCUT2D eigenvalue weighted by atomic mass is 35.5. The topological polar surface area (TPSA) is 17.1 Å². The SMILES string of the molecule is O=Cc1ccc(Cl)cc1-c1ccc(F)cc1F. The van der Waals surface area contributed by atoms with Gasteiger partial charge >= 0.3 is 0 Å². The lowest BCUT2D eigenvalue weighted by atomic mass is 10.00. The monoisotopic (exact) mass is 252 g/mol. The van der Waals surface area contributed by atoms with Crippen molar-refractivity contribution in [1.82, 2.24) is 0 Å². The number of benzene rings is 2. The van der Waals surface area contributed by atoms with Gasteiger partial charge in [0.05, 0.1) is 0 Å². The van der Waals surface area contributed by atoms with Crippen molar-refractivity contribution in [2.45, 2.75) is 0 Å². The molecule has 0 aliphatic heterocycles. The van der Waals surface area contributed by atoms with Crippen molar-refractivity contribution in [3.63, 3.8) is 0 Å². The van der Waals surface area contributed by atoms with E-state index in [0.29, 0.717) is 22.4 Å². The van der Waals surface area contributed by atoms with Crippen molar-refractivity contribution >= 4 is 17.9 Å². The van der Waals surface area contributed by atoms with Crippen molar-refractivity contribution in [3.05, 3.63) is 58.6 Å². The first-order valence-electron chi connectivity index (χ1n) is 4.82. The van der Waals surface area contributed by atoms with Crippen LogP contribution in [0.15, 0.2) is 36.4 Å². The highest BCUT2D eigenvalue weighted by Gasteiger charge is 2.11. The zero-order valence-electron chi connectivity index (χ0n) is 8.58. The lowest BCUT2D eigenvalue weighted by Crippen LogP contribution is -1.91. The summed E-state index contributed by atoms with van der Waals surface area (Å²) < 4.78 is 26.4. The van der Waals surface area contributed by atoms with Gasteiger partial charge < -0.3 is 0 Å². The predicted octanol–water partition coefficient (Wildman–Crippen LogP) is 4.10. The molecule has 17 heavy (non-hydrogen) atoms. The van der Waals surface area contributed by atoms with E-state index in [1.807, 2.05) is 0 Å². The normalized spacial score (nSPS) is 10.3. The Bertz CT molecular complexity index is 582. The molecule has 0 atom stereocenters. The third kappa shape index (κ3) is 2.34. The molecule has 4 heteroatoms. The van der Waals surface area contributed by atoms with Crippen LogP contribution in [-0.4, -0.2) is 6.29 Å². The molecule has 0 aliphatic rings. The lowest BCUT2D eigenvalue weighted by molar-refractivity contribution is 0.112. The molecule has 0 amide bonds. The third-order valence-corrected chi connectivity index (χ3v) is 2.60. The smallest absolute Gasteiger partial charge is 0.150 e. The zero-order valence-corrected chi connectivity index (χ0v) is 9.34. The standard InChI is InChI=1S/C13H7ClF2O/c14-9-2-1-8(7-17)12(5-9)11-4-3-10(15)6-13(11)16/h1-7H. The fourth-order valence-electron chi connectivity index (χ4n) is 1.57. The Morgan fingerprint density at radius 3 is 2.41 bits per heavy atom. The van der Waals surface area contributed by atoms with Gasteiger partial charge in [-0.15, -0.1) is 0 Å². The molecule has 2 aromatic carbocycles. The number of hydrogen-bond acceptors (Lipinski definition) is 1. The molecule has 2 rings (SSSR count). The fraction of sp³-hybridized carbons (Fsp3) is 0. The molecule has 0 saturated heterocycles. The first-order chi connectivity index (χ1) is 8.11. The largest absolute Gasteiger partial charge is 0.298 e. The molecule has 0 bridgehead atoms. The summed E-state index contributed by atoms with van der Waals surface area (Å²) in [6.07, 6.45) is 0.606. The number of rotatable bonds is 2. The molecule has 0 radical (unpaired) electrons. The summed E-state index contributed by atoms with van der Waals surface area (Å²) in [5, 5.41) is 0.384. The zero-order chi connectivity index (χ0) is 12.4. The van der Waals surface area contributed by atoms with E-state index < -0.39 is 11.6 Å². The highest BCUT2D eigenvalue weighted by molar-refractivity contribution is 6.31. The first kappa shape index (κ1) is 11.7. The van der Waals surface area contributed by atoms with Crippen molar-refractivity contribution in [2.75, 3.05) is 0 Å². The van der Waals surface area contributed by atoms with Crippen LogP contribution in [0.25, 0.3) is 11.1 Å². The molecule has 0 heterocycles. The summed E-state index contributed by atoms with van der Waals surface area (Å²) in [6, 6.07) is 7.69. The van der Waals surface area contributed by atoms with Gasteiger partial charge in [-0.05, 0) is 35.9 Å². The van der Waals surface area contributed by atoms with E-state index in [0.717, 1.165) is 12.1 Å². The van der Waals surface area contributed by atoms with E-state index in [2.05, 4.69) is 0 Å². The van der Waals surface area contributed by atoms with E-state index in [9.17, 15) is 13.6 Å². The van der Waals surface area contributed by atoms with Crippen LogP contribution < -0.4 is 0 Å². The summed E-state index contributed by atoms with van der Waals surface area (Å²) in [4.78, 5) is 10.9.